The second kappa shape index (κ2) is 12.3. The van der Waals surface area contributed by atoms with Gasteiger partial charge in [0.05, 0.1) is 15.8 Å². The van der Waals surface area contributed by atoms with Crippen LogP contribution < -0.4 is 4.74 Å². The molecular formula is C31H25FNO5S+. The van der Waals surface area contributed by atoms with Crippen LogP contribution in [-0.2, 0) is 20.4 Å². The van der Waals surface area contributed by atoms with E-state index in [-0.39, 0.29) is 11.4 Å². The number of nitro groups is 1. The molecule has 0 aromatic heterocycles. The Morgan fingerprint density at radius 3 is 2.03 bits per heavy atom. The van der Waals surface area contributed by atoms with Gasteiger partial charge in [0, 0.05) is 23.8 Å². The van der Waals surface area contributed by atoms with Gasteiger partial charge in [0.2, 0.25) is 0 Å². The molecule has 0 amide bonds. The maximum absolute atomic E-state index is 15.1. The highest BCUT2D eigenvalue weighted by Crippen LogP contribution is 2.33. The third kappa shape index (κ3) is 7.46. The molecule has 4 rings (SSSR count). The quantitative estimate of drug-likeness (QED) is 0.0826. The van der Waals surface area contributed by atoms with E-state index in [4.69, 9.17) is 9.47 Å². The molecule has 4 aromatic rings. The lowest BCUT2D eigenvalue weighted by Crippen LogP contribution is -2.29. The highest BCUT2D eigenvalue weighted by Gasteiger charge is 2.29. The van der Waals surface area contributed by atoms with Crippen LogP contribution in [0.25, 0.3) is 0 Å². The van der Waals surface area contributed by atoms with Crippen molar-refractivity contribution >= 4 is 22.6 Å². The molecule has 0 saturated heterocycles. The predicted octanol–water partition coefficient (Wildman–Crippen LogP) is 6.58. The van der Waals surface area contributed by atoms with Crippen molar-refractivity contribution in [2.45, 2.75) is 34.1 Å². The Balaban J connectivity index is 1.41. The van der Waals surface area contributed by atoms with Crippen LogP contribution in [0, 0.1) is 27.8 Å². The average Bonchev–Trinajstić information content (AvgIpc) is 2.93. The molecule has 0 radical (unpaired) electrons. The van der Waals surface area contributed by atoms with E-state index in [1.54, 1.807) is 19.9 Å². The van der Waals surface area contributed by atoms with Gasteiger partial charge in [-0.05, 0) is 62.4 Å². The van der Waals surface area contributed by atoms with E-state index < -0.39 is 39.8 Å². The zero-order chi connectivity index (χ0) is 27.8. The number of esters is 1. The minimum absolute atomic E-state index is 0.0419. The van der Waals surface area contributed by atoms with Crippen LogP contribution in [0.15, 0.2) is 118 Å². The molecule has 196 valence electrons. The summed E-state index contributed by atoms with van der Waals surface area (Å²) in [7, 11) is -0.517. The van der Waals surface area contributed by atoms with E-state index >= 15 is 4.39 Å². The fourth-order valence-corrected chi connectivity index (χ4v) is 5.71. The number of non-ortho nitro benzene ring substituents is 1. The maximum atomic E-state index is 15.1. The van der Waals surface area contributed by atoms with Crippen molar-refractivity contribution in [1.29, 1.82) is 0 Å². The summed E-state index contributed by atoms with van der Waals surface area (Å²) in [5.74, 6) is 4.30. The molecule has 0 aliphatic rings. The first-order valence-electron chi connectivity index (χ1n) is 12.0. The van der Waals surface area contributed by atoms with Gasteiger partial charge < -0.3 is 9.47 Å². The van der Waals surface area contributed by atoms with Crippen LogP contribution in [0.4, 0.5) is 10.1 Å². The number of carbonyl (C=O) groups is 1. The predicted molar refractivity (Wildman–Crippen MR) is 147 cm³/mol. The molecule has 39 heavy (non-hydrogen) atoms. The Morgan fingerprint density at radius 1 is 0.897 bits per heavy atom. The first kappa shape index (κ1) is 27.4. The molecular weight excluding hydrogens is 517 g/mol. The SMILES string of the molecule is CC(C)(C#Cc1ccc([N+](=O)[O-])cc1)OC(=O)COc1ccc([S+](c2ccccc2)c2ccccc2)cc1F. The van der Waals surface area contributed by atoms with Crippen molar-refractivity contribution in [3.63, 3.8) is 0 Å². The summed E-state index contributed by atoms with van der Waals surface area (Å²) in [5.41, 5.74) is -0.669. The lowest BCUT2D eigenvalue weighted by Gasteiger charge is -2.19. The highest BCUT2D eigenvalue weighted by molar-refractivity contribution is 7.97. The molecule has 6 nitrogen and oxygen atoms in total. The van der Waals surface area contributed by atoms with Gasteiger partial charge in [-0.3, -0.25) is 10.1 Å². The lowest BCUT2D eigenvalue weighted by atomic mass is 10.1. The Morgan fingerprint density at radius 2 is 1.49 bits per heavy atom. The van der Waals surface area contributed by atoms with Crippen molar-refractivity contribution in [1.82, 2.24) is 0 Å². The Hall–Kier alpha value is -4.61. The van der Waals surface area contributed by atoms with Gasteiger partial charge in [0.1, 0.15) is 0 Å². The fourth-order valence-electron chi connectivity index (χ4n) is 3.61. The Labute approximate surface area is 228 Å². The molecule has 0 aliphatic heterocycles. The second-order valence-corrected chi connectivity index (χ2v) is 10.9. The summed E-state index contributed by atoms with van der Waals surface area (Å²) in [4.78, 5) is 25.6. The maximum Gasteiger partial charge on any atom is 0.345 e. The first-order valence-corrected chi connectivity index (χ1v) is 13.2. The Kier molecular flexibility index (Phi) is 8.64. The van der Waals surface area contributed by atoms with Crippen molar-refractivity contribution in [2.75, 3.05) is 6.61 Å². The topological polar surface area (TPSA) is 78.7 Å². The third-order valence-electron chi connectivity index (χ3n) is 5.40. The molecule has 8 heteroatoms. The summed E-state index contributed by atoms with van der Waals surface area (Å²) < 4.78 is 25.9. The fraction of sp³-hybridized carbons (Fsp3) is 0.129. The number of halogens is 1. The van der Waals surface area contributed by atoms with E-state index in [2.05, 4.69) is 11.8 Å². The number of hydrogen-bond acceptors (Lipinski definition) is 5. The Bertz CT molecular complexity index is 1470. The van der Waals surface area contributed by atoms with Crippen molar-refractivity contribution in [3.05, 3.63) is 125 Å². The van der Waals surface area contributed by atoms with Gasteiger partial charge in [0.25, 0.3) is 5.69 Å². The molecule has 0 aliphatic carbocycles. The van der Waals surface area contributed by atoms with Gasteiger partial charge in [-0.15, -0.1) is 0 Å². The highest BCUT2D eigenvalue weighted by atomic mass is 32.2. The molecule has 0 fully saturated rings. The number of benzene rings is 4. The number of hydrogen-bond donors (Lipinski definition) is 0. The van der Waals surface area contributed by atoms with Crippen molar-refractivity contribution in [3.8, 4) is 17.6 Å². The van der Waals surface area contributed by atoms with Gasteiger partial charge in [-0.1, -0.05) is 48.2 Å². The smallest absolute Gasteiger partial charge is 0.345 e. The summed E-state index contributed by atoms with van der Waals surface area (Å²) in [6.07, 6.45) is 0. The number of nitro benzene ring substituents is 1. The summed E-state index contributed by atoms with van der Waals surface area (Å²) in [5, 5.41) is 10.8. The molecule has 0 saturated carbocycles. The third-order valence-corrected chi connectivity index (χ3v) is 7.61. The number of carbonyl (C=O) groups excluding carboxylic acids is 1. The summed E-state index contributed by atoms with van der Waals surface area (Å²) in [6, 6.07) is 30.2. The molecule has 0 N–H and O–H groups in total. The molecule has 4 aromatic carbocycles. The number of nitrogens with zero attached hydrogens (tertiary/aromatic N) is 1. The van der Waals surface area contributed by atoms with Crippen LogP contribution >= 0.6 is 0 Å². The molecule has 0 spiro atoms. The normalized spacial score (nSPS) is 10.9. The first-order chi connectivity index (χ1) is 18.7. The minimum atomic E-state index is -1.16. The number of rotatable bonds is 8. The van der Waals surface area contributed by atoms with Crippen LogP contribution in [0.3, 0.4) is 0 Å². The molecule has 0 unspecified atom stereocenters. The van der Waals surface area contributed by atoms with Crippen molar-refractivity contribution < 1.29 is 23.6 Å². The van der Waals surface area contributed by atoms with E-state index in [9.17, 15) is 14.9 Å². The standard InChI is InChI=1S/C31H25FNO5S/c1-31(2,20-19-23-13-15-24(16-14-23)33(35)36)38-30(34)22-37-29-18-17-27(21-28(29)32)39(25-9-5-3-6-10-25)26-11-7-4-8-12-26/h3-18,21H,22H2,1-2H3/q+1. The molecule has 0 heterocycles. The zero-order valence-corrected chi connectivity index (χ0v) is 22.1. The zero-order valence-electron chi connectivity index (χ0n) is 21.3. The van der Waals surface area contributed by atoms with Crippen molar-refractivity contribution in [2.24, 2.45) is 0 Å². The van der Waals surface area contributed by atoms with Gasteiger partial charge in [-0.2, -0.15) is 0 Å². The lowest BCUT2D eigenvalue weighted by molar-refractivity contribution is -0.384. The second-order valence-electron chi connectivity index (χ2n) is 8.85. The van der Waals surface area contributed by atoms with Crippen LogP contribution in [0.2, 0.25) is 0 Å². The monoisotopic (exact) mass is 542 g/mol. The van der Waals surface area contributed by atoms with E-state index in [1.807, 2.05) is 60.7 Å². The van der Waals surface area contributed by atoms with E-state index in [0.29, 0.717) is 5.56 Å². The molecule has 0 bridgehead atoms. The van der Waals surface area contributed by atoms with Crippen LogP contribution in [-0.4, -0.2) is 23.1 Å². The largest absolute Gasteiger partial charge is 0.479 e. The van der Waals surface area contributed by atoms with Gasteiger partial charge in [0.15, 0.2) is 38.5 Å². The van der Waals surface area contributed by atoms with Gasteiger partial charge in [-0.25, -0.2) is 9.18 Å². The molecule has 0 atom stereocenters. The van der Waals surface area contributed by atoms with Gasteiger partial charge >= 0.3 is 5.97 Å². The van der Waals surface area contributed by atoms with Crippen LogP contribution in [0.1, 0.15) is 19.4 Å². The summed E-state index contributed by atoms with van der Waals surface area (Å²) in [6.45, 7) is 2.71. The number of ether oxygens (including phenoxy) is 2. The van der Waals surface area contributed by atoms with E-state index in [1.165, 1.54) is 36.4 Å². The van der Waals surface area contributed by atoms with Crippen LogP contribution in [0.5, 0.6) is 5.75 Å². The minimum Gasteiger partial charge on any atom is -0.479 e. The summed E-state index contributed by atoms with van der Waals surface area (Å²) >= 11 is 0. The van der Waals surface area contributed by atoms with E-state index in [0.717, 1.165) is 14.7 Å². The average molecular weight is 543 g/mol.